The molecule has 0 aliphatic heterocycles. The van der Waals surface area contributed by atoms with E-state index in [0.717, 1.165) is 0 Å². The smallest absolute Gasteiger partial charge is 0.134 e. The molecule has 0 spiro atoms. The Kier molecular flexibility index (Phi) is 2.04. The predicted molar refractivity (Wildman–Crippen MR) is 63.2 cm³/mol. The van der Waals surface area contributed by atoms with E-state index in [4.69, 9.17) is 5.73 Å². The summed E-state index contributed by atoms with van der Waals surface area (Å²) in [4.78, 5) is 3.99. The van der Waals surface area contributed by atoms with Crippen molar-refractivity contribution in [1.82, 2.24) is 14.8 Å². The van der Waals surface area contributed by atoms with Crippen molar-refractivity contribution < 1.29 is 4.39 Å². The van der Waals surface area contributed by atoms with Crippen molar-refractivity contribution in [2.75, 3.05) is 5.73 Å². The van der Waals surface area contributed by atoms with Crippen LogP contribution in [-0.2, 0) is 0 Å². The highest BCUT2D eigenvalue weighted by atomic mass is 19.1. The number of fused-ring (bicyclic) bond motifs is 1. The van der Waals surface area contributed by atoms with Crippen LogP contribution >= 0.6 is 0 Å². The zero-order chi connectivity index (χ0) is 11.8. The number of hydrogen-bond donors (Lipinski definition) is 1. The molecule has 2 heterocycles. The Morgan fingerprint density at radius 2 is 2.06 bits per heavy atom. The number of nitrogens with zero attached hydrogens (tertiary/aromatic N) is 3. The maximum Gasteiger partial charge on any atom is 0.134 e. The summed E-state index contributed by atoms with van der Waals surface area (Å²) in [6.45, 7) is 0. The van der Waals surface area contributed by atoms with Gasteiger partial charge in [0.2, 0.25) is 0 Å². The van der Waals surface area contributed by atoms with E-state index in [-0.39, 0.29) is 5.82 Å². The highest BCUT2D eigenvalue weighted by molar-refractivity contribution is 5.80. The number of nitrogen functional groups attached to an aromatic ring is 1. The molecule has 84 valence electrons. The van der Waals surface area contributed by atoms with E-state index in [0.29, 0.717) is 22.3 Å². The molecule has 17 heavy (non-hydrogen) atoms. The highest BCUT2D eigenvalue weighted by Crippen LogP contribution is 2.20. The van der Waals surface area contributed by atoms with Gasteiger partial charge in [0.1, 0.15) is 5.82 Å². The Bertz CT molecular complexity index is 690. The van der Waals surface area contributed by atoms with Gasteiger partial charge >= 0.3 is 0 Å². The maximum absolute atomic E-state index is 13.5. The van der Waals surface area contributed by atoms with Gasteiger partial charge in [0.05, 0.1) is 34.7 Å². The number of anilines is 1. The minimum Gasteiger partial charge on any atom is -0.397 e. The highest BCUT2D eigenvalue weighted by Gasteiger charge is 2.08. The minimum atomic E-state index is -0.286. The third-order valence-electron chi connectivity index (χ3n) is 2.55. The molecular formula is C12H9FN4. The molecule has 0 unspecified atom stereocenters. The summed E-state index contributed by atoms with van der Waals surface area (Å²) in [7, 11) is 0. The molecule has 3 rings (SSSR count). The number of aromatic nitrogens is 3. The van der Waals surface area contributed by atoms with Gasteiger partial charge in [-0.05, 0) is 18.2 Å². The van der Waals surface area contributed by atoms with E-state index in [1.165, 1.54) is 12.3 Å². The topological polar surface area (TPSA) is 56.7 Å². The third kappa shape index (κ3) is 1.52. The van der Waals surface area contributed by atoms with Crippen molar-refractivity contribution in [3.8, 4) is 5.69 Å². The Labute approximate surface area is 96.5 Å². The average Bonchev–Trinajstić information content (AvgIpc) is 2.74. The van der Waals surface area contributed by atoms with Crippen LogP contribution in [0.5, 0.6) is 0 Å². The van der Waals surface area contributed by atoms with Crippen LogP contribution in [0.1, 0.15) is 0 Å². The van der Waals surface area contributed by atoms with E-state index in [9.17, 15) is 4.39 Å². The zero-order valence-electron chi connectivity index (χ0n) is 8.84. The van der Waals surface area contributed by atoms with Crippen LogP contribution < -0.4 is 5.73 Å². The molecule has 0 saturated heterocycles. The maximum atomic E-state index is 13.5. The van der Waals surface area contributed by atoms with E-state index in [1.54, 1.807) is 35.3 Å². The first-order valence-corrected chi connectivity index (χ1v) is 5.09. The normalized spacial score (nSPS) is 10.9. The van der Waals surface area contributed by atoms with Gasteiger partial charge < -0.3 is 5.73 Å². The number of hydrogen-bond acceptors (Lipinski definition) is 3. The van der Waals surface area contributed by atoms with Gasteiger partial charge in [-0.25, -0.2) is 9.07 Å². The fourth-order valence-corrected chi connectivity index (χ4v) is 1.78. The zero-order valence-corrected chi connectivity index (χ0v) is 8.84. The summed E-state index contributed by atoms with van der Waals surface area (Å²) >= 11 is 0. The number of nitrogens with two attached hydrogens (primary N) is 1. The summed E-state index contributed by atoms with van der Waals surface area (Å²) in [5, 5.41) is 4.63. The van der Waals surface area contributed by atoms with Gasteiger partial charge in [0.25, 0.3) is 0 Å². The van der Waals surface area contributed by atoms with Gasteiger partial charge in [-0.1, -0.05) is 6.07 Å². The van der Waals surface area contributed by atoms with Gasteiger partial charge in [-0.2, -0.15) is 5.10 Å². The molecule has 0 fully saturated rings. The van der Waals surface area contributed by atoms with Gasteiger partial charge in [-0.15, -0.1) is 0 Å². The van der Waals surface area contributed by atoms with Crippen molar-refractivity contribution >= 4 is 16.6 Å². The number of pyridine rings is 1. The lowest BCUT2D eigenvalue weighted by Crippen LogP contribution is -1.98. The van der Waals surface area contributed by atoms with E-state index in [1.807, 2.05) is 0 Å². The second-order valence-corrected chi connectivity index (χ2v) is 3.71. The molecule has 2 N–H and O–H groups in total. The Morgan fingerprint density at radius 1 is 1.18 bits per heavy atom. The molecular weight excluding hydrogens is 219 g/mol. The lowest BCUT2D eigenvalue weighted by atomic mass is 10.2. The number of halogens is 1. The largest absolute Gasteiger partial charge is 0.397 e. The van der Waals surface area contributed by atoms with E-state index in [2.05, 4.69) is 10.1 Å². The van der Waals surface area contributed by atoms with Crippen LogP contribution in [0.2, 0.25) is 0 Å². The quantitative estimate of drug-likeness (QED) is 0.694. The first-order chi connectivity index (χ1) is 8.25. The van der Waals surface area contributed by atoms with E-state index < -0.39 is 0 Å². The van der Waals surface area contributed by atoms with Crippen LogP contribution in [0.4, 0.5) is 10.1 Å². The summed E-state index contributed by atoms with van der Waals surface area (Å²) in [5.74, 6) is -0.286. The second-order valence-electron chi connectivity index (χ2n) is 3.71. The standard InChI is InChI=1S/C12H9FN4/c13-11-2-1-3-12-10(11)7-16-17(12)9-4-8(14)5-15-6-9/h1-7H,14H2. The van der Waals surface area contributed by atoms with E-state index >= 15 is 0 Å². The van der Waals surface area contributed by atoms with Crippen molar-refractivity contribution in [1.29, 1.82) is 0 Å². The predicted octanol–water partition coefficient (Wildman–Crippen LogP) is 2.14. The lowest BCUT2D eigenvalue weighted by Gasteiger charge is -2.03. The van der Waals surface area contributed by atoms with Crippen molar-refractivity contribution in [2.45, 2.75) is 0 Å². The minimum absolute atomic E-state index is 0.286. The monoisotopic (exact) mass is 228 g/mol. The molecule has 0 saturated carbocycles. The number of rotatable bonds is 1. The molecule has 0 aliphatic rings. The molecule has 0 atom stereocenters. The van der Waals surface area contributed by atoms with Crippen molar-refractivity contribution in [2.24, 2.45) is 0 Å². The Balaban J connectivity index is 2.28. The summed E-state index contributed by atoms with van der Waals surface area (Å²) in [6, 6.07) is 6.60. The second kappa shape index (κ2) is 3.55. The molecule has 0 aliphatic carbocycles. The molecule has 0 bridgehead atoms. The Morgan fingerprint density at radius 3 is 2.88 bits per heavy atom. The third-order valence-corrected chi connectivity index (χ3v) is 2.55. The van der Waals surface area contributed by atoms with Crippen LogP contribution in [0, 0.1) is 5.82 Å². The first kappa shape index (κ1) is 9.77. The fourth-order valence-electron chi connectivity index (χ4n) is 1.78. The molecule has 0 amide bonds. The van der Waals surface area contributed by atoms with Crippen molar-refractivity contribution in [3.63, 3.8) is 0 Å². The molecule has 1 aromatic carbocycles. The molecule has 2 aromatic heterocycles. The average molecular weight is 228 g/mol. The van der Waals surface area contributed by atoms with Crippen LogP contribution in [-0.4, -0.2) is 14.8 Å². The molecule has 5 heteroatoms. The van der Waals surface area contributed by atoms with Crippen LogP contribution in [0.25, 0.3) is 16.6 Å². The molecule has 3 aromatic rings. The Hall–Kier alpha value is -2.43. The van der Waals surface area contributed by atoms with Gasteiger partial charge in [0.15, 0.2) is 0 Å². The summed E-state index contributed by atoms with van der Waals surface area (Å²) < 4.78 is 15.1. The summed E-state index contributed by atoms with van der Waals surface area (Å²) in [5.41, 5.74) is 7.61. The van der Waals surface area contributed by atoms with Gasteiger partial charge in [0, 0.05) is 6.20 Å². The number of benzene rings is 1. The lowest BCUT2D eigenvalue weighted by molar-refractivity contribution is 0.640. The van der Waals surface area contributed by atoms with Crippen molar-refractivity contribution in [3.05, 3.63) is 48.7 Å². The van der Waals surface area contributed by atoms with Crippen LogP contribution in [0.3, 0.4) is 0 Å². The molecule has 0 radical (unpaired) electrons. The fraction of sp³-hybridized carbons (Fsp3) is 0. The summed E-state index contributed by atoms with van der Waals surface area (Å²) in [6.07, 6.45) is 4.68. The van der Waals surface area contributed by atoms with Crippen LogP contribution in [0.15, 0.2) is 42.9 Å². The van der Waals surface area contributed by atoms with Gasteiger partial charge in [-0.3, -0.25) is 4.98 Å². The SMILES string of the molecule is Nc1cncc(-n2ncc3c(F)cccc32)c1. The first-order valence-electron chi connectivity index (χ1n) is 5.09. The molecule has 4 nitrogen and oxygen atoms in total.